The second kappa shape index (κ2) is 5.57. The number of aryl methyl sites for hydroxylation is 1. The highest BCUT2D eigenvalue weighted by molar-refractivity contribution is 9.10. The van der Waals surface area contributed by atoms with Crippen LogP contribution >= 0.6 is 15.9 Å². The number of aromatic amines is 1. The summed E-state index contributed by atoms with van der Waals surface area (Å²) in [6.07, 6.45) is 2.20. The molecule has 114 valence electrons. The van der Waals surface area contributed by atoms with Crippen molar-refractivity contribution in [3.05, 3.63) is 45.2 Å². The third-order valence-corrected chi connectivity index (χ3v) is 4.46. The molecule has 1 fully saturated rings. The van der Waals surface area contributed by atoms with Crippen LogP contribution in [0.2, 0.25) is 0 Å². The Morgan fingerprint density at radius 2 is 2.14 bits per heavy atom. The van der Waals surface area contributed by atoms with E-state index in [2.05, 4.69) is 31.4 Å². The second-order valence-corrected chi connectivity index (χ2v) is 6.16. The van der Waals surface area contributed by atoms with Crippen LogP contribution in [0.3, 0.4) is 0 Å². The van der Waals surface area contributed by atoms with Crippen LogP contribution in [0.15, 0.2) is 22.7 Å². The summed E-state index contributed by atoms with van der Waals surface area (Å²) in [7, 11) is 0. The molecule has 3 N–H and O–H groups in total. The maximum atomic E-state index is 12.3. The zero-order chi connectivity index (χ0) is 15.9. The highest BCUT2D eigenvalue weighted by Crippen LogP contribution is 2.42. The van der Waals surface area contributed by atoms with Gasteiger partial charge in [0, 0.05) is 11.6 Å². The van der Waals surface area contributed by atoms with Crippen molar-refractivity contribution in [2.45, 2.75) is 25.7 Å². The molecule has 1 heterocycles. The summed E-state index contributed by atoms with van der Waals surface area (Å²) in [5, 5.41) is 18.7. The standard InChI is InChI=1S/C15H14BrN3O3/c1-7-2-5-9(6-10(7)15(21)22)17-14(20)13-11(16)12(18-19-13)8-3-4-8/h2,5-6,8H,3-4H2,1H3,(H,17,20)(H,18,19)(H,21,22). The summed E-state index contributed by atoms with van der Waals surface area (Å²) >= 11 is 3.41. The van der Waals surface area contributed by atoms with Gasteiger partial charge in [-0.1, -0.05) is 6.07 Å². The number of hydrogen-bond acceptors (Lipinski definition) is 3. The number of rotatable bonds is 4. The summed E-state index contributed by atoms with van der Waals surface area (Å²) < 4.78 is 0.679. The maximum absolute atomic E-state index is 12.3. The summed E-state index contributed by atoms with van der Waals surface area (Å²) in [6.45, 7) is 1.71. The van der Waals surface area contributed by atoms with E-state index in [1.807, 2.05) is 0 Å². The number of carboxylic acids is 1. The van der Waals surface area contributed by atoms with Crippen LogP contribution in [0.25, 0.3) is 0 Å². The zero-order valence-electron chi connectivity index (χ0n) is 11.8. The molecular weight excluding hydrogens is 350 g/mol. The number of nitrogens with one attached hydrogen (secondary N) is 2. The minimum absolute atomic E-state index is 0.164. The van der Waals surface area contributed by atoms with E-state index in [9.17, 15) is 9.59 Å². The summed E-state index contributed by atoms with van der Waals surface area (Å²) in [5.74, 6) is -0.956. The number of H-pyrrole nitrogens is 1. The van der Waals surface area contributed by atoms with Gasteiger partial charge in [-0.2, -0.15) is 5.10 Å². The van der Waals surface area contributed by atoms with Crippen LogP contribution in [-0.2, 0) is 0 Å². The van der Waals surface area contributed by atoms with Crippen molar-refractivity contribution >= 4 is 33.5 Å². The number of nitrogens with zero attached hydrogens (tertiary/aromatic N) is 1. The van der Waals surface area contributed by atoms with Gasteiger partial charge in [-0.25, -0.2) is 4.79 Å². The molecule has 1 aliphatic carbocycles. The number of aromatic nitrogens is 2. The summed E-state index contributed by atoms with van der Waals surface area (Å²) in [5.41, 5.74) is 2.45. The Morgan fingerprint density at radius 3 is 2.77 bits per heavy atom. The number of carboxylic acid groups (broad SMARTS) is 1. The van der Waals surface area contributed by atoms with Gasteiger partial charge in [0.2, 0.25) is 0 Å². The first-order chi connectivity index (χ1) is 10.5. The summed E-state index contributed by atoms with van der Waals surface area (Å²) in [6, 6.07) is 4.77. The second-order valence-electron chi connectivity index (χ2n) is 5.36. The van der Waals surface area contributed by atoms with E-state index in [1.165, 1.54) is 6.07 Å². The van der Waals surface area contributed by atoms with Gasteiger partial charge in [0.25, 0.3) is 5.91 Å². The number of anilines is 1. The van der Waals surface area contributed by atoms with Crippen molar-refractivity contribution < 1.29 is 14.7 Å². The topological polar surface area (TPSA) is 95.1 Å². The predicted octanol–water partition coefficient (Wildman–Crippen LogP) is 3.31. The van der Waals surface area contributed by atoms with E-state index in [1.54, 1.807) is 19.1 Å². The van der Waals surface area contributed by atoms with Crippen LogP contribution in [-0.4, -0.2) is 27.2 Å². The first kappa shape index (κ1) is 14.8. The molecule has 0 aliphatic heterocycles. The van der Waals surface area contributed by atoms with Gasteiger partial charge in [0.15, 0.2) is 5.69 Å². The van der Waals surface area contributed by atoms with Crippen LogP contribution < -0.4 is 5.32 Å². The molecule has 0 radical (unpaired) electrons. The fourth-order valence-electron chi connectivity index (χ4n) is 2.26. The van der Waals surface area contributed by atoms with E-state index in [0.29, 0.717) is 21.6 Å². The van der Waals surface area contributed by atoms with Gasteiger partial charge in [-0.3, -0.25) is 9.89 Å². The highest BCUT2D eigenvalue weighted by Gasteiger charge is 2.30. The fourth-order valence-corrected chi connectivity index (χ4v) is 2.94. The van der Waals surface area contributed by atoms with Crippen molar-refractivity contribution in [1.82, 2.24) is 10.2 Å². The Morgan fingerprint density at radius 1 is 1.41 bits per heavy atom. The van der Waals surface area contributed by atoms with Gasteiger partial charge < -0.3 is 10.4 Å². The zero-order valence-corrected chi connectivity index (χ0v) is 13.4. The van der Waals surface area contributed by atoms with Crippen molar-refractivity contribution in [2.75, 3.05) is 5.32 Å². The van der Waals surface area contributed by atoms with Gasteiger partial charge in [0.05, 0.1) is 15.7 Å². The number of halogens is 1. The van der Waals surface area contributed by atoms with Gasteiger partial charge in [-0.05, 0) is 53.4 Å². The van der Waals surface area contributed by atoms with Crippen molar-refractivity contribution in [3.8, 4) is 0 Å². The minimum Gasteiger partial charge on any atom is -0.478 e. The number of carbonyl (C=O) groups is 2. The lowest BCUT2D eigenvalue weighted by atomic mass is 10.1. The SMILES string of the molecule is Cc1ccc(NC(=O)c2n[nH]c(C3CC3)c2Br)cc1C(=O)O. The van der Waals surface area contributed by atoms with E-state index >= 15 is 0 Å². The molecule has 1 aliphatic rings. The lowest BCUT2D eigenvalue weighted by Crippen LogP contribution is -2.14. The third-order valence-electron chi connectivity index (χ3n) is 3.66. The number of benzene rings is 1. The quantitative estimate of drug-likeness (QED) is 0.776. The van der Waals surface area contributed by atoms with Crippen LogP contribution in [0.4, 0.5) is 5.69 Å². The molecule has 22 heavy (non-hydrogen) atoms. The lowest BCUT2D eigenvalue weighted by molar-refractivity contribution is 0.0695. The van der Waals surface area contributed by atoms with Gasteiger partial charge in [-0.15, -0.1) is 0 Å². The number of amides is 1. The van der Waals surface area contributed by atoms with E-state index < -0.39 is 5.97 Å². The molecule has 0 spiro atoms. The molecule has 1 amide bonds. The molecule has 7 heteroatoms. The average Bonchev–Trinajstić information content (AvgIpc) is 3.23. The normalized spacial score (nSPS) is 13.9. The molecule has 2 aromatic rings. The van der Waals surface area contributed by atoms with Crippen molar-refractivity contribution in [1.29, 1.82) is 0 Å². The molecule has 0 saturated heterocycles. The molecule has 0 atom stereocenters. The minimum atomic E-state index is -1.02. The van der Waals surface area contributed by atoms with Crippen LogP contribution in [0.5, 0.6) is 0 Å². The molecule has 1 saturated carbocycles. The Labute approximate surface area is 135 Å². The van der Waals surface area contributed by atoms with E-state index in [4.69, 9.17) is 5.11 Å². The molecule has 6 nitrogen and oxygen atoms in total. The van der Waals surface area contributed by atoms with Gasteiger partial charge in [0.1, 0.15) is 0 Å². The lowest BCUT2D eigenvalue weighted by Gasteiger charge is -2.07. The first-order valence-corrected chi connectivity index (χ1v) is 7.65. The van der Waals surface area contributed by atoms with Crippen LogP contribution in [0, 0.1) is 6.92 Å². The number of aromatic carboxylic acids is 1. The summed E-state index contributed by atoms with van der Waals surface area (Å²) in [4.78, 5) is 23.4. The monoisotopic (exact) mass is 363 g/mol. The smallest absolute Gasteiger partial charge is 0.336 e. The van der Waals surface area contributed by atoms with Crippen LogP contribution in [0.1, 0.15) is 50.9 Å². The highest BCUT2D eigenvalue weighted by atomic mass is 79.9. The first-order valence-electron chi connectivity index (χ1n) is 6.86. The Hall–Kier alpha value is -2.15. The largest absolute Gasteiger partial charge is 0.478 e. The average molecular weight is 364 g/mol. The predicted molar refractivity (Wildman–Crippen MR) is 84.4 cm³/mol. The van der Waals surface area contributed by atoms with Crippen molar-refractivity contribution in [3.63, 3.8) is 0 Å². The molecular formula is C15H14BrN3O3. The fraction of sp³-hybridized carbons (Fsp3) is 0.267. The Bertz CT molecular complexity index is 765. The molecule has 0 unspecified atom stereocenters. The molecule has 3 rings (SSSR count). The number of carbonyl (C=O) groups excluding carboxylic acids is 1. The number of hydrogen-bond donors (Lipinski definition) is 3. The molecule has 0 bridgehead atoms. The molecule has 1 aromatic heterocycles. The van der Waals surface area contributed by atoms with Gasteiger partial charge >= 0.3 is 5.97 Å². The van der Waals surface area contributed by atoms with E-state index in [-0.39, 0.29) is 17.2 Å². The van der Waals surface area contributed by atoms with Crippen molar-refractivity contribution in [2.24, 2.45) is 0 Å². The Balaban J connectivity index is 1.82. The maximum Gasteiger partial charge on any atom is 0.336 e. The van der Waals surface area contributed by atoms with E-state index in [0.717, 1.165) is 18.5 Å². The Kier molecular flexibility index (Phi) is 3.74. The molecule has 1 aromatic carbocycles. The third kappa shape index (κ3) is 2.76.